The van der Waals surface area contributed by atoms with Crippen LogP contribution in [0.1, 0.15) is 22.8 Å². The second kappa shape index (κ2) is 9.54. The van der Waals surface area contributed by atoms with E-state index in [0.29, 0.717) is 36.9 Å². The van der Waals surface area contributed by atoms with Crippen LogP contribution in [0.4, 0.5) is 11.4 Å². The Labute approximate surface area is 198 Å². The Hall–Kier alpha value is -2.88. The predicted molar refractivity (Wildman–Crippen MR) is 129 cm³/mol. The molecule has 1 aliphatic rings. The molecule has 0 atom stereocenters. The molecule has 8 nitrogen and oxygen atoms in total. The van der Waals surface area contributed by atoms with Crippen LogP contribution in [0.15, 0.2) is 59.8 Å². The number of carbonyl (C=O) groups excluding carboxylic acids is 1. The van der Waals surface area contributed by atoms with Crippen LogP contribution in [0.3, 0.4) is 0 Å². The zero-order chi connectivity index (χ0) is 23.6. The number of carbonyl (C=O) groups is 1. The highest BCUT2D eigenvalue weighted by Gasteiger charge is 2.34. The van der Waals surface area contributed by atoms with E-state index < -0.39 is 15.9 Å². The molecule has 1 aliphatic heterocycles. The number of hydrogen-bond acceptors (Lipinski definition) is 5. The second-order valence-electron chi connectivity index (χ2n) is 7.90. The minimum atomic E-state index is -3.94. The van der Waals surface area contributed by atoms with Crippen LogP contribution in [0.2, 0.25) is 5.02 Å². The number of sulfonamides is 1. The molecule has 1 fully saturated rings. The van der Waals surface area contributed by atoms with E-state index >= 15 is 0 Å². The Bertz CT molecular complexity index is 1250. The van der Waals surface area contributed by atoms with Crippen molar-refractivity contribution in [3.05, 3.63) is 70.9 Å². The monoisotopic (exact) mass is 487 g/mol. The fraction of sp³-hybridized carbons (Fsp3) is 0.304. The summed E-state index contributed by atoms with van der Waals surface area (Å²) in [6.45, 7) is 3.67. The number of aryl methyl sites for hydroxylation is 2. The van der Waals surface area contributed by atoms with Gasteiger partial charge < -0.3 is 10.2 Å². The van der Waals surface area contributed by atoms with Gasteiger partial charge in [-0.25, -0.2) is 8.42 Å². The Balaban J connectivity index is 1.51. The lowest BCUT2D eigenvalue weighted by molar-refractivity contribution is 0.102. The van der Waals surface area contributed by atoms with Crippen LogP contribution < -0.4 is 10.2 Å². The van der Waals surface area contributed by atoms with Crippen molar-refractivity contribution in [2.75, 3.05) is 36.4 Å². The molecule has 4 rings (SSSR count). The highest BCUT2D eigenvalue weighted by atomic mass is 35.5. The van der Waals surface area contributed by atoms with Crippen molar-refractivity contribution in [1.82, 2.24) is 14.1 Å². The molecule has 2 heterocycles. The minimum Gasteiger partial charge on any atom is -0.369 e. The molecule has 0 aliphatic carbocycles. The van der Waals surface area contributed by atoms with Crippen molar-refractivity contribution in [2.24, 2.45) is 7.05 Å². The number of nitrogens with one attached hydrogen (secondary N) is 1. The van der Waals surface area contributed by atoms with Gasteiger partial charge in [0.05, 0.1) is 5.56 Å². The molecule has 1 aromatic heterocycles. The standard InChI is InChI=1S/C23H26ClN5O3S/c1-3-17-5-4-6-19(15-17)25-22(30)21-16-27(2)26-23(21)33(31,32)29-13-11-28(12-14-29)20-9-7-18(24)8-10-20/h4-10,15-16H,3,11-14H2,1-2H3,(H,25,30). The zero-order valence-electron chi connectivity index (χ0n) is 18.5. The first-order chi connectivity index (χ1) is 15.8. The molecular formula is C23H26ClN5O3S. The third-order valence-corrected chi connectivity index (χ3v) is 7.73. The number of benzene rings is 2. The predicted octanol–water partition coefficient (Wildman–Crippen LogP) is 3.40. The first-order valence-corrected chi connectivity index (χ1v) is 12.5. The van der Waals surface area contributed by atoms with Gasteiger partial charge in [0.15, 0.2) is 0 Å². The maximum atomic E-state index is 13.4. The fourth-order valence-electron chi connectivity index (χ4n) is 3.84. The Morgan fingerprint density at radius 2 is 1.79 bits per heavy atom. The number of anilines is 2. The molecular weight excluding hydrogens is 462 g/mol. The molecule has 3 aromatic rings. The lowest BCUT2D eigenvalue weighted by Gasteiger charge is -2.35. The molecule has 0 bridgehead atoms. The number of amides is 1. The first-order valence-electron chi connectivity index (χ1n) is 10.7. The van der Waals surface area contributed by atoms with Crippen LogP contribution in [-0.4, -0.2) is 54.6 Å². The summed E-state index contributed by atoms with van der Waals surface area (Å²) in [7, 11) is -2.34. The summed E-state index contributed by atoms with van der Waals surface area (Å²) in [5.41, 5.74) is 2.71. The van der Waals surface area contributed by atoms with Crippen molar-refractivity contribution in [1.29, 1.82) is 0 Å². The second-order valence-corrected chi connectivity index (χ2v) is 10.2. The van der Waals surface area contributed by atoms with E-state index in [0.717, 1.165) is 17.7 Å². The van der Waals surface area contributed by atoms with Crippen LogP contribution in [0.5, 0.6) is 0 Å². The van der Waals surface area contributed by atoms with E-state index in [9.17, 15) is 13.2 Å². The van der Waals surface area contributed by atoms with Gasteiger partial charge in [-0.3, -0.25) is 9.48 Å². The van der Waals surface area contributed by atoms with Crippen molar-refractivity contribution < 1.29 is 13.2 Å². The van der Waals surface area contributed by atoms with E-state index in [1.165, 1.54) is 15.2 Å². The zero-order valence-corrected chi connectivity index (χ0v) is 20.1. The average molecular weight is 488 g/mol. The van der Waals surface area contributed by atoms with Gasteiger partial charge in [0.2, 0.25) is 5.03 Å². The number of halogens is 1. The molecule has 33 heavy (non-hydrogen) atoms. The van der Waals surface area contributed by atoms with Crippen molar-refractivity contribution in [2.45, 2.75) is 18.4 Å². The summed E-state index contributed by atoms with van der Waals surface area (Å²) < 4.78 is 29.5. The summed E-state index contributed by atoms with van der Waals surface area (Å²) in [5.74, 6) is -0.505. The summed E-state index contributed by atoms with van der Waals surface area (Å²) in [4.78, 5) is 15.1. The van der Waals surface area contributed by atoms with Crippen molar-refractivity contribution in [3.63, 3.8) is 0 Å². The topological polar surface area (TPSA) is 87.5 Å². The average Bonchev–Trinajstić information content (AvgIpc) is 3.22. The number of nitrogens with zero attached hydrogens (tertiary/aromatic N) is 4. The molecule has 2 aromatic carbocycles. The largest absolute Gasteiger partial charge is 0.369 e. The summed E-state index contributed by atoms with van der Waals surface area (Å²) in [6.07, 6.45) is 2.27. The van der Waals surface area contributed by atoms with Gasteiger partial charge in [-0.15, -0.1) is 0 Å². The first kappa shape index (κ1) is 23.3. The molecule has 0 saturated carbocycles. The van der Waals surface area contributed by atoms with Gasteiger partial charge in [0, 0.05) is 55.8 Å². The van der Waals surface area contributed by atoms with E-state index in [2.05, 4.69) is 15.3 Å². The molecule has 0 unspecified atom stereocenters. The molecule has 174 valence electrons. The van der Waals surface area contributed by atoms with Gasteiger partial charge in [-0.05, 0) is 48.4 Å². The Morgan fingerprint density at radius 1 is 1.09 bits per heavy atom. The SMILES string of the molecule is CCc1cccc(NC(=O)c2cn(C)nc2S(=O)(=O)N2CCN(c3ccc(Cl)cc3)CC2)c1. The molecule has 0 radical (unpaired) electrons. The number of rotatable bonds is 6. The summed E-state index contributed by atoms with van der Waals surface area (Å²) in [6, 6.07) is 14.9. The quantitative estimate of drug-likeness (QED) is 0.575. The van der Waals surface area contributed by atoms with Crippen LogP contribution in [0, 0.1) is 0 Å². The summed E-state index contributed by atoms with van der Waals surface area (Å²) >= 11 is 5.96. The lowest BCUT2D eigenvalue weighted by Crippen LogP contribution is -2.49. The molecule has 1 saturated heterocycles. The van der Waals surface area contributed by atoms with Crippen LogP contribution in [0.25, 0.3) is 0 Å². The highest BCUT2D eigenvalue weighted by molar-refractivity contribution is 7.89. The van der Waals surface area contributed by atoms with Crippen molar-refractivity contribution >= 4 is 38.9 Å². The van der Waals surface area contributed by atoms with E-state index in [1.807, 2.05) is 49.4 Å². The van der Waals surface area contributed by atoms with Gasteiger partial charge in [-0.2, -0.15) is 9.40 Å². The fourth-order valence-corrected chi connectivity index (χ4v) is 5.51. The maximum Gasteiger partial charge on any atom is 0.263 e. The number of piperazine rings is 1. The minimum absolute atomic E-state index is 0.0273. The number of hydrogen-bond donors (Lipinski definition) is 1. The third kappa shape index (κ3) is 5.05. The normalized spacial score (nSPS) is 14.9. The van der Waals surface area contributed by atoms with E-state index in [-0.39, 0.29) is 10.6 Å². The highest BCUT2D eigenvalue weighted by Crippen LogP contribution is 2.24. The van der Waals surface area contributed by atoms with Gasteiger partial charge >= 0.3 is 0 Å². The molecule has 10 heteroatoms. The molecule has 1 N–H and O–H groups in total. The van der Waals surface area contributed by atoms with Gasteiger partial charge in [0.25, 0.3) is 15.9 Å². The van der Waals surface area contributed by atoms with Crippen molar-refractivity contribution in [3.8, 4) is 0 Å². The third-order valence-electron chi connectivity index (χ3n) is 5.65. The Morgan fingerprint density at radius 3 is 2.45 bits per heavy atom. The van der Waals surface area contributed by atoms with Crippen LogP contribution >= 0.6 is 11.6 Å². The molecule has 1 amide bonds. The lowest BCUT2D eigenvalue weighted by atomic mass is 10.1. The number of aromatic nitrogens is 2. The smallest absolute Gasteiger partial charge is 0.263 e. The summed E-state index contributed by atoms with van der Waals surface area (Å²) in [5, 5.41) is 7.37. The maximum absolute atomic E-state index is 13.4. The van der Waals surface area contributed by atoms with E-state index in [1.54, 1.807) is 13.1 Å². The van der Waals surface area contributed by atoms with E-state index in [4.69, 9.17) is 11.6 Å². The molecule has 0 spiro atoms. The van der Waals surface area contributed by atoms with Crippen LogP contribution in [-0.2, 0) is 23.5 Å². The van der Waals surface area contributed by atoms with Gasteiger partial charge in [-0.1, -0.05) is 30.7 Å². The van der Waals surface area contributed by atoms with Gasteiger partial charge in [0.1, 0.15) is 0 Å². The Kier molecular flexibility index (Phi) is 6.73.